The molecule has 5 nitrogen and oxygen atoms in total. The van der Waals surface area contributed by atoms with Gasteiger partial charge in [0.05, 0.1) is 12.7 Å². The molecule has 3 rings (SSSR count). The first kappa shape index (κ1) is 23.9. The number of carbonyl (C=O) groups is 1. The highest BCUT2D eigenvalue weighted by Crippen LogP contribution is 2.54. The number of halogens is 3. The van der Waals surface area contributed by atoms with Crippen LogP contribution in [0.2, 0.25) is 0 Å². The van der Waals surface area contributed by atoms with Crippen LogP contribution in [0, 0.1) is 12.8 Å². The highest BCUT2D eigenvalue weighted by Gasteiger charge is 2.44. The molecular formula is C24H27F3O5. The smallest absolute Gasteiger partial charge is 0.476 e. The molecule has 0 saturated heterocycles. The molecule has 174 valence electrons. The minimum absolute atomic E-state index is 0.0356. The maximum Gasteiger partial charge on any atom is 0.573 e. The second-order valence-electron chi connectivity index (χ2n) is 8.43. The van der Waals surface area contributed by atoms with E-state index in [0.717, 1.165) is 17.5 Å². The molecule has 0 heterocycles. The number of alkyl halides is 3. The summed E-state index contributed by atoms with van der Waals surface area (Å²) in [6, 6.07) is 11.0. The quantitative estimate of drug-likeness (QED) is 0.540. The number of esters is 1. The van der Waals surface area contributed by atoms with Crippen molar-refractivity contribution in [3.05, 3.63) is 59.2 Å². The maximum absolute atomic E-state index is 12.3. The van der Waals surface area contributed by atoms with Gasteiger partial charge in [-0.05, 0) is 80.8 Å². The van der Waals surface area contributed by atoms with E-state index in [1.807, 2.05) is 19.1 Å². The lowest BCUT2D eigenvalue weighted by Gasteiger charge is -2.25. The SMILES string of the molecule is CCOC(=O)C(C)(C)Oc1ccc(C2CC2C(O)c2ccc(OC(F)(F)F)cc2)cc1C. The van der Waals surface area contributed by atoms with Crippen LogP contribution in [0.5, 0.6) is 11.5 Å². The first-order valence-electron chi connectivity index (χ1n) is 10.4. The summed E-state index contributed by atoms with van der Waals surface area (Å²) in [5.74, 6) is -0.100. The average Bonchev–Trinajstić information content (AvgIpc) is 3.49. The topological polar surface area (TPSA) is 65.0 Å². The monoisotopic (exact) mass is 452 g/mol. The number of hydrogen-bond donors (Lipinski definition) is 1. The zero-order valence-electron chi connectivity index (χ0n) is 18.4. The summed E-state index contributed by atoms with van der Waals surface area (Å²) in [5.41, 5.74) is 1.31. The van der Waals surface area contributed by atoms with Crippen LogP contribution in [0.4, 0.5) is 13.2 Å². The highest BCUT2D eigenvalue weighted by molar-refractivity contribution is 5.79. The Kier molecular flexibility index (Phi) is 6.74. The van der Waals surface area contributed by atoms with Gasteiger partial charge in [0.15, 0.2) is 5.60 Å². The van der Waals surface area contributed by atoms with Crippen molar-refractivity contribution < 1.29 is 37.3 Å². The van der Waals surface area contributed by atoms with E-state index >= 15 is 0 Å². The van der Waals surface area contributed by atoms with Gasteiger partial charge in [-0.3, -0.25) is 0 Å². The molecule has 32 heavy (non-hydrogen) atoms. The predicted octanol–water partition coefficient (Wildman–Crippen LogP) is 5.45. The lowest BCUT2D eigenvalue weighted by Crippen LogP contribution is -2.39. The fourth-order valence-electron chi connectivity index (χ4n) is 3.70. The van der Waals surface area contributed by atoms with Crippen LogP contribution in [0.25, 0.3) is 0 Å². The summed E-state index contributed by atoms with van der Waals surface area (Å²) in [6.45, 7) is 7.19. The number of aryl methyl sites for hydroxylation is 1. The van der Waals surface area contributed by atoms with E-state index < -0.39 is 24.0 Å². The Morgan fingerprint density at radius 2 is 1.78 bits per heavy atom. The van der Waals surface area contributed by atoms with Gasteiger partial charge in [0.25, 0.3) is 0 Å². The summed E-state index contributed by atoms with van der Waals surface area (Å²) in [5, 5.41) is 10.7. The van der Waals surface area contributed by atoms with E-state index in [1.165, 1.54) is 24.3 Å². The van der Waals surface area contributed by atoms with Crippen LogP contribution < -0.4 is 9.47 Å². The molecule has 1 aliphatic rings. The minimum Gasteiger partial charge on any atom is -0.476 e. The van der Waals surface area contributed by atoms with Crippen LogP contribution in [0.15, 0.2) is 42.5 Å². The van der Waals surface area contributed by atoms with Crippen LogP contribution in [0.1, 0.15) is 55.9 Å². The number of rotatable bonds is 8. The Morgan fingerprint density at radius 3 is 2.34 bits per heavy atom. The largest absolute Gasteiger partial charge is 0.573 e. The van der Waals surface area contributed by atoms with Gasteiger partial charge < -0.3 is 19.3 Å². The predicted molar refractivity (Wildman–Crippen MR) is 111 cm³/mol. The Labute approximate surface area is 185 Å². The van der Waals surface area contributed by atoms with Crippen LogP contribution in [-0.2, 0) is 9.53 Å². The number of aliphatic hydroxyl groups excluding tert-OH is 1. The zero-order valence-corrected chi connectivity index (χ0v) is 18.4. The molecule has 1 N–H and O–H groups in total. The van der Waals surface area contributed by atoms with E-state index in [-0.39, 0.29) is 24.2 Å². The molecule has 0 aromatic heterocycles. The molecule has 1 saturated carbocycles. The van der Waals surface area contributed by atoms with Crippen molar-refractivity contribution in [2.75, 3.05) is 6.61 Å². The summed E-state index contributed by atoms with van der Waals surface area (Å²) >= 11 is 0. The van der Waals surface area contributed by atoms with Crippen molar-refractivity contribution in [3.63, 3.8) is 0 Å². The molecule has 1 aliphatic carbocycles. The highest BCUT2D eigenvalue weighted by atomic mass is 19.4. The molecule has 0 amide bonds. The molecule has 0 radical (unpaired) electrons. The lowest BCUT2D eigenvalue weighted by molar-refractivity contribution is -0.274. The van der Waals surface area contributed by atoms with Crippen molar-refractivity contribution in [2.24, 2.45) is 5.92 Å². The summed E-state index contributed by atoms with van der Waals surface area (Å²) in [7, 11) is 0. The van der Waals surface area contributed by atoms with Gasteiger partial charge in [-0.15, -0.1) is 13.2 Å². The van der Waals surface area contributed by atoms with Crippen molar-refractivity contribution in [1.82, 2.24) is 0 Å². The lowest BCUT2D eigenvalue weighted by atomic mass is 10.00. The van der Waals surface area contributed by atoms with E-state index in [4.69, 9.17) is 9.47 Å². The third-order valence-corrected chi connectivity index (χ3v) is 5.46. The number of benzene rings is 2. The molecule has 3 unspecified atom stereocenters. The zero-order chi connectivity index (χ0) is 23.7. The third kappa shape index (κ3) is 5.73. The van der Waals surface area contributed by atoms with Crippen molar-refractivity contribution in [2.45, 2.75) is 58.1 Å². The molecule has 0 aliphatic heterocycles. The van der Waals surface area contributed by atoms with Crippen LogP contribution in [-0.4, -0.2) is 29.6 Å². The number of aliphatic hydroxyl groups is 1. The second kappa shape index (κ2) is 9.02. The van der Waals surface area contributed by atoms with Gasteiger partial charge in [-0.1, -0.05) is 24.3 Å². The van der Waals surface area contributed by atoms with Gasteiger partial charge in [-0.25, -0.2) is 4.79 Å². The summed E-state index contributed by atoms with van der Waals surface area (Å²) in [6.07, 6.45) is -4.78. The summed E-state index contributed by atoms with van der Waals surface area (Å²) < 4.78 is 51.7. The second-order valence-corrected chi connectivity index (χ2v) is 8.43. The molecule has 0 spiro atoms. The van der Waals surface area contributed by atoms with Crippen molar-refractivity contribution in [3.8, 4) is 11.5 Å². The van der Waals surface area contributed by atoms with Crippen LogP contribution >= 0.6 is 0 Å². The molecule has 2 aromatic rings. The molecular weight excluding hydrogens is 425 g/mol. The molecule has 0 bridgehead atoms. The molecule has 3 atom stereocenters. The third-order valence-electron chi connectivity index (χ3n) is 5.46. The molecule has 8 heteroatoms. The number of ether oxygens (including phenoxy) is 3. The first-order valence-corrected chi connectivity index (χ1v) is 10.4. The Bertz CT molecular complexity index is 953. The standard InChI is InChI=1S/C24H27F3O5/c1-5-30-22(29)23(3,4)32-20-11-8-16(12-14(20)2)18-13-19(18)21(28)15-6-9-17(10-7-15)31-24(25,26)27/h6-12,18-19,21,28H,5,13H2,1-4H3. The fraction of sp³-hybridized carbons (Fsp3) is 0.458. The van der Waals surface area contributed by atoms with E-state index in [2.05, 4.69) is 4.74 Å². The Balaban J connectivity index is 1.64. The van der Waals surface area contributed by atoms with Crippen molar-refractivity contribution in [1.29, 1.82) is 0 Å². The summed E-state index contributed by atoms with van der Waals surface area (Å²) in [4.78, 5) is 12.1. The fourth-order valence-corrected chi connectivity index (χ4v) is 3.70. The van der Waals surface area contributed by atoms with E-state index in [1.54, 1.807) is 26.8 Å². The number of hydrogen-bond acceptors (Lipinski definition) is 5. The van der Waals surface area contributed by atoms with Gasteiger partial charge in [0.1, 0.15) is 11.5 Å². The van der Waals surface area contributed by atoms with Crippen molar-refractivity contribution >= 4 is 5.97 Å². The average molecular weight is 452 g/mol. The minimum atomic E-state index is -4.75. The normalized spacial score (nSPS) is 19.2. The first-order chi connectivity index (χ1) is 14.9. The molecule has 2 aromatic carbocycles. The number of carbonyl (C=O) groups excluding carboxylic acids is 1. The maximum atomic E-state index is 12.3. The van der Waals surface area contributed by atoms with Gasteiger partial charge >= 0.3 is 12.3 Å². The Morgan fingerprint density at radius 1 is 1.12 bits per heavy atom. The van der Waals surface area contributed by atoms with Gasteiger partial charge in [-0.2, -0.15) is 0 Å². The van der Waals surface area contributed by atoms with Crippen LogP contribution in [0.3, 0.4) is 0 Å². The van der Waals surface area contributed by atoms with E-state index in [0.29, 0.717) is 11.3 Å². The van der Waals surface area contributed by atoms with Gasteiger partial charge in [0, 0.05) is 0 Å². The Hall–Kier alpha value is -2.74. The van der Waals surface area contributed by atoms with E-state index in [9.17, 15) is 23.1 Å². The van der Waals surface area contributed by atoms with Gasteiger partial charge in [0.2, 0.25) is 0 Å². The molecule has 1 fully saturated rings.